The molecule has 0 saturated carbocycles. The molecule has 2 rings (SSSR count). The van der Waals surface area contributed by atoms with Crippen LogP contribution in [0, 0.1) is 0 Å². The van der Waals surface area contributed by atoms with Crippen molar-refractivity contribution in [2.24, 2.45) is 7.05 Å². The fourth-order valence-corrected chi connectivity index (χ4v) is 1.17. The number of aryl methyl sites for hydroxylation is 1. The number of rotatable bonds is 2. The standard InChI is InChI=1S/C10H11N3O/c1-13-10(9(11)7-12-13)14-8-5-3-2-4-6-8/h2-7H,11H2,1H3. The number of para-hydroxylation sites is 1. The third kappa shape index (κ3) is 1.54. The molecule has 0 amide bonds. The first kappa shape index (κ1) is 8.62. The Bertz CT molecular complexity index is 403. The molecule has 4 nitrogen and oxygen atoms in total. The lowest BCUT2D eigenvalue weighted by molar-refractivity contribution is 0.433. The molecular formula is C10H11N3O. The lowest BCUT2D eigenvalue weighted by Crippen LogP contribution is -1.96. The molecule has 2 N–H and O–H groups in total. The van der Waals surface area contributed by atoms with Crippen LogP contribution in [-0.4, -0.2) is 9.78 Å². The second-order valence-electron chi connectivity index (χ2n) is 2.94. The summed E-state index contributed by atoms with van der Waals surface area (Å²) < 4.78 is 7.15. The number of ether oxygens (including phenoxy) is 1. The van der Waals surface area contributed by atoms with E-state index in [0.717, 1.165) is 5.75 Å². The van der Waals surface area contributed by atoms with Gasteiger partial charge in [0.25, 0.3) is 0 Å². The number of hydrogen-bond donors (Lipinski definition) is 1. The first-order chi connectivity index (χ1) is 6.77. The molecule has 2 aromatic rings. The number of anilines is 1. The summed E-state index contributed by atoms with van der Waals surface area (Å²) in [6.07, 6.45) is 1.57. The van der Waals surface area contributed by atoms with Gasteiger partial charge in [0, 0.05) is 7.05 Å². The molecule has 72 valence electrons. The van der Waals surface area contributed by atoms with Gasteiger partial charge >= 0.3 is 0 Å². The number of nitrogens with two attached hydrogens (primary N) is 1. The van der Waals surface area contributed by atoms with Crippen LogP contribution in [0.25, 0.3) is 0 Å². The van der Waals surface area contributed by atoms with Gasteiger partial charge in [-0.1, -0.05) is 18.2 Å². The van der Waals surface area contributed by atoms with Crippen molar-refractivity contribution in [3.63, 3.8) is 0 Å². The highest BCUT2D eigenvalue weighted by atomic mass is 16.5. The topological polar surface area (TPSA) is 53.1 Å². The second kappa shape index (κ2) is 3.41. The van der Waals surface area contributed by atoms with Crippen molar-refractivity contribution in [3.8, 4) is 11.6 Å². The first-order valence-corrected chi connectivity index (χ1v) is 4.28. The van der Waals surface area contributed by atoms with Gasteiger partial charge in [-0.15, -0.1) is 0 Å². The summed E-state index contributed by atoms with van der Waals surface area (Å²) in [7, 11) is 1.79. The molecule has 0 radical (unpaired) electrons. The van der Waals surface area contributed by atoms with Crippen LogP contribution in [0.1, 0.15) is 0 Å². The van der Waals surface area contributed by atoms with E-state index >= 15 is 0 Å². The zero-order chi connectivity index (χ0) is 9.97. The van der Waals surface area contributed by atoms with E-state index in [1.807, 2.05) is 30.3 Å². The maximum atomic E-state index is 5.68. The third-order valence-corrected chi connectivity index (χ3v) is 1.87. The lowest BCUT2D eigenvalue weighted by Gasteiger charge is -2.05. The summed E-state index contributed by atoms with van der Waals surface area (Å²) in [6, 6.07) is 9.47. The van der Waals surface area contributed by atoms with Gasteiger partial charge in [-0.05, 0) is 12.1 Å². The van der Waals surface area contributed by atoms with Crippen molar-refractivity contribution in [3.05, 3.63) is 36.5 Å². The summed E-state index contributed by atoms with van der Waals surface area (Å²) in [6.45, 7) is 0. The number of aromatic nitrogens is 2. The van der Waals surface area contributed by atoms with E-state index in [2.05, 4.69) is 5.10 Å². The van der Waals surface area contributed by atoms with Gasteiger partial charge in [-0.3, -0.25) is 0 Å². The third-order valence-electron chi connectivity index (χ3n) is 1.87. The molecule has 14 heavy (non-hydrogen) atoms. The summed E-state index contributed by atoms with van der Waals surface area (Å²) in [5.74, 6) is 1.32. The highest BCUT2D eigenvalue weighted by Gasteiger charge is 2.06. The Labute approximate surface area is 81.9 Å². The summed E-state index contributed by atoms with van der Waals surface area (Å²) >= 11 is 0. The van der Waals surface area contributed by atoms with Crippen molar-refractivity contribution < 1.29 is 4.74 Å². The maximum Gasteiger partial charge on any atom is 0.240 e. The lowest BCUT2D eigenvalue weighted by atomic mass is 10.3. The van der Waals surface area contributed by atoms with Crippen LogP contribution in [0.4, 0.5) is 5.69 Å². The molecule has 0 bridgehead atoms. The van der Waals surface area contributed by atoms with Crippen LogP contribution in [0.5, 0.6) is 11.6 Å². The first-order valence-electron chi connectivity index (χ1n) is 4.28. The minimum Gasteiger partial charge on any atom is -0.437 e. The van der Waals surface area contributed by atoms with Gasteiger partial charge in [0.15, 0.2) is 0 Å². The van der Waals surface area contributed by atoms with Gasteiger partial charge in [0.1, 0.15) is 11.4 Å². The van der Waals surface area contributed by atoms with Gasteiger partial charge < -0.3 is 10.5 Å². The SMILES string of the molecule is Cn1ncc(N)c1Oc1ccccc1. The van der Waals surface area contributed by atoms with Crippen LogP contribution in [0.15, 0.2) is 36.5 Å². The molecule has 0 unspecified atom stereocenters. The fraction of sp³-hybridized carbons (Fsp3) is 0.100. The Balaban J connectivity index is 2.27. The van der Waals surface area contributed by atoms with Crippen molar-refractivity contribution in [1.29, 1.82) is 0 Å². The Morgan fingerprint density at radius 3 is 2.57 bits per heavy atom. The molecule has 4 heteroatoms. The van der Waals surface area contributed by atoms with E-state index in [-0.39, 0.29) is 0 Å². The van der Waals surface area contributed by atoms with Crippen LogP contribution in [0.2, 0.25) is 0 Å². The predicted octanol–water partition coefficient (Wildman–Crippen LogP) is 1.79. The minimum atomic E-state index is 0.538. The van der Waals surface area contributed by atoms with Crippen molar-refractivity contribution in [2.45, 2.75) is 0 Å². The van der Waals surface area contributed by atoms with Crippen LogP contribution >= 0.6 is 0 Å². The van der Waals surface area contributed by atoms with E-state index in [4.69, 9.17) is 10.5 Å². The predicted molar refractivity (Wildman–Crippen MR) is 54.1 cm³/mol. The molecule has 1 aromatic heterocycles. The van der Waals surface area contributed by atoms with Gasteiger partial charge in [0.05, 0.1) is 6.20 Å². The molecule has 0 aliphatic heterocycles. The highest BCUT2D eigenvalue weighted by Crippen LogP contribution is 2.25. The Hall–Kier alpha value is -1.97. The highest BCUT2D eigenvalue weighted by molar-refractivity contribution is 5.48. The largest absolute Gasteiger partial charge is 0.437 e. The van der Waals surface area contributed by atoms with E-state index in [9.17, 15) is 0 Å². The monoisotopic (exact) mass is 189 g/mol. The van der Waals surface area contributed by atoms with Gasteiger partial charge in [-0.2, -0.15) is 5.10 Å². The van der Waals surface area contributed by atoms with Crippen molar-refractivity contribution >= 4 is 5.69 Å². The molecule has 0 aliphatic carbocycles. The normalized spacial score (nSPS) is 10.1. The maximum absolute atomic E-state index is 5.68. The summed E-state index contributed by atoms with van der Waals surface area (Å²) in [4.78, 5) is 0. The molecule has 1 heterocycles. The zero-order valence-corrected chi connectivity index (χ0v) is 7.84. The van der Waals surface area contributed by atoms with Crippen molar-refractivity contribution in [2.75, 3.05) is 5.73 Å². The summed E-state index contributed by atoms with van der Waals surface area (Å²) in [5, 5.41) is 3.98. The molecule has 0 fully saturated rings. The van der Waals surface area contributed by atoms with E-state index in [1.165, 1.54) is 0 Å². The fourth-order valence-electron chi connectivity index (χ4n) is 1.17. The Kier molecular flexibility index (Phi) is 2.10. The quantitative estimate of drug-likeness (QED) is 0.783. The molecule has 0 saturated heterocycles. The molecule has 0 aliphatic rings. The average molecular weight is 189 g/mol. The van der Waals surface area contributed by atoms with Crippen LogP contribution in [0.3, 0.4) is 0 Å². The number of hydrogen-bond acceptors (Lipinski definition) is 3. The molecule has 1 aromatic carbocycles. The minimum absolute atomic E-state index is 0.538. The second-order valence-corrected chi connectivity index (χ2v) is 2.94. The number of nitrogens with zero attached hydrogens (tertiary/aromatic N) is 2. The average Bonchev–Trinajstić information content (AvgIpc) is 2.51. The van der Waals surface area contributed by atoms with E-state index in [0.29, 0.717) is 11.6 Å². The van der Waals surface area contributed by atoms with E-state index in [1.54, 1.807) is 17.9 Å². The zero-order valence-electron chi connectivity index (χ0n) is 7.84. The molecule has 0 atom stereocenters. The van der Waals surface area contributed by atoms with Crippen LogP contribution < -0.4 is 10.5 Å². The summed E-state index contributed by atoms with van der Waals surface area (Å²) in [5.41, 5.74) is 6.22. The Morgan fingerprint density at radius 1 is 1.29 bits per heavy atom. The number of benzene rings is 1. The van der Waals surface area contributed by atoms with Gasteiger partial charge in [-0.25, -0.2) is 4.68 Å². The molecular weight excluding hydrogens is 178 g/mol. The van der Waals surface area contributed by atoms with Gasteiger partial charge in [0.2, 0.25) is 5.88 Å². The van der Waals surface area contributed by atoms with Crippen molar-refractivity contribution in [1.82, 2.24) is 9.78 Å². The molecule has 0 spiro atoms. The number of nitrogen functional groups attached to an aromatic ring is 1. The smallest absolute Gasteiger partial charge is 0.240 e. The Morgan fingerprint density at radius 2 is 2.00 bits per heavy atom. The van der Waals surface area contributed by atoms with E-state index < -0.39 is 0 Å². The van der Waals surface area contributed by atoms with Crippen LogP contribution in [-0.2, 0) is 7.05 Å².